The molecule has 2 N–H and O–H groups in total. The maximum absolute atomic E-state index is 9.52. The van der Waals surface area contributed by atoms with Crippen LogP contribution in [0.1, 0.15) is 23.9 Å². The van der Waals surface area contributed by atoms with E-state index in [0.717, 1.165) is 30.3 Å². The molecule has 3 aromatic carbocycles. The van der Waals surface area contributed by atoms with Crippen LogP contribution in [-0.2, 0) is 6.42 Å². The summed E-state index contributed by atoms with van der Waals surface area (Å²) in [7, 11) is 2.05. The second-order valence-corrected chi connectivity index (χ2v) is 9.16. The number of amidine groups is 1. The number of hydrogen-bond acceptors (Lipinski definition) is 8. The molecule has 10 nitrogen and oxygen atoms in total. The fourth-order valence-electron chi connectivity index (χ4n) is 4.37. The highest BCUT2D eigenvalue weighted by Gasteiger charge is 2.21. The van der Waals surface area contributed by atoms with Crippen LogP contribution in [0.5, 0.6) is 34.9 Å². The van der Waals surface area contributed by atoms with Gasteiger partial charge < -0.3 is 19.2 Å². The molecular formula is C30H26N7O3+. The molecule has 0 atom stereocenters. The summed E-state index contributed by atoms with van der Waals surface area (Å²) in [6.07, 6.45) is 0.666. The molecule has 198 valence electrons. The van der Waals surface area contributed by atoms with E-state index in [1.807, 2.05) is 68.6 Å². The number of ether oxygens (including phenoxy) is 3. The molecule has 0 unspecified atom stereocenters. The Labute approximate surface area is 230 Å². The van der Waals surface area contributed by atoms with Crippen molar-refractivity contribution in [1.29, 1.82) is 5.26 Å². The van der Waals surface area contributed by atoms with Gasteiger partial charge in [-0.25, -0.2) is 4.98 Å². The quantitative estimate of drug-likeness (QED) is 0.263. The van der Waals surface area contributed by atoms with Crippen molar-refractivity contribution >= 4 is 17.0 Å². The molecule has 1 aliphatic rings. The zero-order valence-corrected chi connectivity index (χ0v) is 22.0. The Morgan fingerprint density at radius 1 is 0.900 bits per heavy atom. The van der Waals surface area contributed by atoms with E-state index >= 15 is 0 Å². The number of aromatic amines is 1. The highest BCUT2D eigenvalue weighted by Crippen LogP contribution is 2.37. The van der Waals surface area contributed by atoms with Crippen molar-refractivity contribution in [2.45, 2.75) is 13.3 Å². The van der Waals surface area contributed by atoms with Crippen LogP contribution in [0.2, 0.25) is 0 Å². The van der Waals surface area contributed by atoms with Gasteiger partial charge in [-0.15, -0.1) is 0 Å². The van der Waals surface area contributed by atoms with Crippen molar-refractivity contribution in [3.05, 3.63) is 89.7 Å². The minimum atomic E-state index is 0.0773. The third-order valence-electron chi connectivity index (χ3n) is 6.37. The van der Waals surface area contributed by atoms with Gasteiger partial charge in [0.05, 0.1) is 24.2 Å². The van der Waals surface area contributed by atoms with Gasteiger partial charge in [0, 0.05) is 12.5 Å². The Hall–Kier alpha value is -5.43. The van der Waals surface area contributed by atoms with E-state index in [4.69, 9.17) is 14.2 Å². The fourth-order valence-corrected chi connectivity index (χ4v) is 4.37. The molecule has 0 saturated heterocycles. The third-order valence-corrected chi connectivity index (χ3v) is 6.37. The molecule has 0 bridgehead atoms. The van der Waals surface area contributed by atoms with Crippen LogP contribution in [0.25, 0.3) is 11.2 Å². The summed E-state index contributed by atoms with van der Waals surface area (Å²) in [5.74, 6) is 3.90. The molecule has 2 aromatic heterocycles. The van der Waals surface area contributed by atoms with Gasteiger partial charge in [-0.2, -0.15) is 15.2 Å². The summed E-state index contributed by atoms with van der Waals surface area (Å²) >= 11 is 0. The number of hydrogen-bond donors (Lipinski definition) is 2. The van der Waals surface area contributed by atoms with Gasteiger partial charge >= 0.3 is 6.01 Å². The Balaban J connectivity index is 1.38. The van der Waals surface area contributed by atoms with E-state index in [1.165, 1.54) is 0 Å². The molecule has 0 spiro atoms. The molecule has 6 rings (SSSR count). The average Bonchev–Trinajstić information content (AvgIpc) is 3.60. The first-order valence-corrected chi connectivity index (χ1v) is 12.9. The van der Waals surface area contributed by atoms with Gasteiger partial charge in [0.2, 0.25) is 0 Å². The van der Waals surface area contributed by atoms with Gasteiger partial charge in [0.15, 0.2) is 17.1 Å². The van der Waals surface area contributed by atoms with E-state index in [2.05, 4.69) is 35.9 Å². The molecule has 40 heavy (non-hydrogen) atoms. The number of aromatic nitrogens is 4. The summed E-state index contributed by atoms with van der Waals surface area (Å²) in [6.45, 7) is 3.81. The zero-order valence-electron chi connectivity index (χ0n) is 22.0. The van der Waals surface area contributed by atoms with Crippen molar-refractivity contribution in [3.63, 3.8) is 0 Å². The van der Waals surface area contributed by atoms with E-state index in [-0.39, 0.29) is 11.9 Å². The molecule has 0 fully saturated rings. The predicted octanol–water partition coefficient (Wildman–Crippen LogP) is 5.16. The van der Waals surface area contributed by atoms with Gasteiger partial charge in [0.1, 0.15) is 35.9 Å². The summed E-state index contributed by atoms with van der Waals surface area (Å²) in [5, 5.41) is 12.9. The normalized spacial score (nSPS) is 12.7. The number of rotatable bonds is 8. The number of aryl methyl sites for hydroxylation is 1. The zero-order chi connectivity index (χ0) is 27.5. The maximum atomic E-state index is 9.52. The number of benzene rings is 3. The first-order valence-electron chi connectivity index (χ1n) is 12.9. The van der Waals surface area contributed by atoms with Crippen LogP contribution >= 0.6 is 0 Å². The van der Waals surface area contributed by atoms with Crippen LogP contribution < -0.4 is 19.5 Å². The molecule has 3 heterocycles. The summed E-state index contributed by atoms with van der Waals surface area (Å²) in [5.41, 5.74) is 2.33. The lowest BCUT2D eigenvalue weighted by molar-refractivity contribution is -0.485. The van der Waals surface area contributed by atoms with Crippen molar-refractivity contribution in [2.24, 2.45) is 0 Å². The second kappa shape index (κ2) is 10.7. The number of fused-ring (bicyclic) bond motifs is 1. The number of likely N-dealkylation sites (N-methyl/N-ethyl adjacent to an activating group) is 1. The third kappa shape index (κ3) is 5.13. The smallest absolute Gasteiger partial charge is 0.327 e. The summed E-state index contributed by atoms with van der Waals surface area (Å²) in [6, 6.07) is 24.2. The molecule has 5 aromatic rings. The van der Waals surface area contributed by atoms with E-state index in [1.54, 1.807) is 18.2 Å². The van der Waals surface area contributed by atoms with Crippen LogP contribution in [0.4, 0.5) is 0 Å². The van der Waals surface area contributed by atoms with Gasteiger partial charge in [-0.1, -0.05) is 31.2 Å². The fraction of sp³-hybridized carbons (Fsp3) is 0.167. The van der Waals surface area contributed by atoms with E-state index in [0.29, 0.717) is 46.1 Å². The number of nitriles is 1. The molecule has 0 amide bonds. The topological polar surface area (TPSA) is 121 Å². The Morgan fingerprint density at radius 3 is 2.52 bits per heavy atom. The molecular weight excluding hydrogens is 506 g/mol. The number of nitrogens with one attached hydrogen (secondary N) is 2. The monoisotopic (exact) mass is 532 g/mol. The predicted molar refractivity (Wildman–Crippen MR) is 148 cm³/mol. The maximum Gasteiger partial charge on any atom is 0.327 e. The second-order valence-electron chi connectivity index (χ2n) is 9.16. The molecule has 0 aliphatic carbocycles. The van der Waals surface area contributed by atoms with Crippen LogP contribution in [0, 0.1) is 11.3 Å². The Kier molecular flexibility index (Phi) is 6.68. The lowest BCUT2D eigenvalue weighted by Gasteiger charge is -2.13. The summed E-state index contributed by atoms with van der Waals surface area (Å²) < 4.78 is 20.6. The largest absolute Gasteiger partial charge is 0.453 e. The Morgan fingerprint density at radius 2 is 1.75 bits per heavy atom. The minimum absolute atomic E-state index is 0.0773. The van der Waals surface area contributed by atoms with E-state index in [9.17, 15) is 5.26 Å². The van der Waals surface area contributed by atoms with Gasteiger partial charge in [-0.3, -0.25) is 9.89 Å². The lowest BCUT2D eigenvalue weighted by Crippen LogP contribution is -2.22. The lowest BCUT2D eigenvalue weighted by atomic mass is 10.2. The number of nitrogens with zero attached hydrogens (tertiary/aromatic N) is 5. The highest BCUT2D eigenvalue weighted by atomic mass is 16.5. The number of para-hydroxylation sites is 1. The van der Waals surface area contributed by atoms with Crippen LogP contribution in [-0.4, -0.2) is 50.5 Å². The first kappa shape index (κ1) is 24.9. The van der Waals surface area contributed by atoms with Crippen molar-refractivity contribution in [3.8, 4) is 41.0 Å². The molecule has 0 radical (unpaired) electrons. The number of H-pyrrole nitrogens is 1. The van der Waals surface area contributed by atoms with Crippen molar-refractivity contribution in [1.82, 2.24) is 25.3 Å². The minimum Gasteiger partial charge on any atom is -0.453 e. The summed E-state index contributed by atoms with van der Waals surface area (Å²) in [4.78, 5) is 16.9. The van der Waals surface area contributed by atoms with Crippen LogP contribution in [0.3, 0.4) is 0 Å². The first-order chi connectivity index (χ1) is 19.6. The standard InChI is InChI=1S/C30H25N7O3/c1-3-25-33-26-27(34-25)35-30(39-22-11-7-8-20(17-22)28-32-14-15-37(28)2)36-29(26)40-24-16-19(18-31)12-13-23(24)38-21-9-5-4-6-10-21/h4-13,16-17H,3,14-15H2,1-2H3,(H,33,34,35,36)/p+1. The van der Waals surface area contributed by atoms with Crippen molar-refractivity contribution in [2.75, 3.05) is 20.1 Å². The molecule has 0 saturated carbocycles. The molecule has 10 heteroatoms. The Bertz CT molecular complexity index is 1770. The van der Waals surface area contributed by atoms with Gasteiger partial charge in [-0.05, 0) is 42.5 Å². The van der Waals surface area contributed by atoms with Crippen molar-refractivity contribution < 1.29 is 18.8 Å². The highest BCUT2D eigenvalue weighted by molar-refractivity contribution is 5.96. The molecule has 1 aliphatic heterocycles. The van der Waals surface area contributed by atoms with Crippen LogP contribution in [0.15, 0.2) is 72.8 Å². The number of imidazole rings is 1. The average molecular weight is 533 g/mol. The SMILES string of the molecule is CCc1nc2nc(Oc3cccc(C4=[N+](C)CCN4)c3)nc(Oc3cc(C#N)ccc3Oc3ccccc3)c2[nH]1. The van der Waals surface area contributed by atoms with E-state index < -0.39 is 0 Å². The van der Waals surface area contributed by atoms with Gasteiger partial charge in [0.25, 0.3) is 11.7 Å².